The van der Waals surface area contributed by atoms with Gasteiger partial charge >= 0.3 is 0 Å². The van der Waals surface area contributed by atoms with Gasteiger partial charge in [-0.25, -0.2) is 13.1 Å². The van der Waals surface area contributed by atoms with Gasteiger partial charge in [-0.2, -0.15) is 5.10 Å². The Morgan fingerprint density at radius 3 is 2.58 bits per heavy atom. The zero-order chi connectivity index (χ0) is 14.2. The lowest BCUT2D eigenvalue weighted by atomic mass is 10.4. The van der Waals surface area contributed by atoms with E-state index < -0.39 is 10.0 Å². The largest absolute Gasteiger partial charge is 0.318 e. The Labute approximate surface area is 114 Å². The second kappa shape index (κ2) is 5.22. The molecule has 1 aromatic heterocycles. The summed E-state index contributed by atoms with van der Waals surface area (Å²) < 4.78 is 29.3. The monoisotopic (exact) mass is 286 g/mol. The van der Waals surface area contributed by atoms with Crippen LogP contribution in [-0.2, 0) is 16.6 Å². The van der Waals surface area contributed by atoms with E-state index in [0.717, 1.165) is 13.0 Å². The number of rotatable bonds is 6. The Morgan fingerprint density at radius 2 is 2.05 bits per heavy atom. The molecule has 2 unspecified atom stereocenters. The van der Waals surface area contributed by atoms with Crippen LogP contribution in [-0.4, -0.2) is 37.8 Å². The second-order valence-corrected chi connectivity index (χ2v) is 6.92. The molecule has 7 heteroatoms. The smallest absolute Gasteiger partial charge is 0.244 e. The molecule has 1 saturated carbocycles. The van der Waals surface area contributed by atoms with Crippen molar-refractivity contribution < 1.29 is 8.42 Å². The lowest BCUT2D eigenvalue weighted by molar-refractivity contribution is 0.563. The third-order valence-electron chi connectivity index (χ3n) is 3.57. The average molecular weight is 286 g/mol. The highest BCUT2D eigenvalue weighted by molar-refractivity contribution is 7.89. The fourth-order valence-electron chi connectivity index (χ4n) is 2.25. The van der Waals surface area contributed by atoms with Gasteiger partial charge in [0.1, 0.15) is 4.90 Å². The molecule has 1 aliphatic carbocycles. The quantitative estimate of drug-likeness (QED) is 0.794. The van der Waals surface area contributed by atoms with E-state index in [1.807, 2.05) is 14.0 Å². The van der Waals surface area contributed by atoms with Gasteiger partial charge < -0.3 is 5.32 Å². The molecule has 2 rings (SSSR count). The van der Waals surface area contributed by atoms with E-state index in [-0.39, 0.29) is 6.04 Å². The van der Waals surface area contributed by atoms with Gasteiger partial charge in [-0.1, -0.05) is 6.92 Å². The van der Waals surface area contributed by atoms with Crippen molar-refractivity contribution in [1.82, 2.24) is 19.8 Å². The summed E-state index contributed by atoms with van der Waals surface area (Å²) >= 11 is 0. The van der Waals surface area contributed by atoms with E-state index in [9.17, 15) is 8.42 Å². The van der Waals surface area contributed by atoms with Gasteiger partial charge in [0, 0.05) is 12.6 Å². The molecule has 1 aliphatic rings. The van der Waals surface area contributed by atoms with Crippen LogP contribution in [0.4, 0.5) is 0 Å². The van der Waals surface area contributed by atoms with Gasteiger partial charge in [0.25, 0.3) is 0 Å². The molecular formula is C12H22N4O2S. The van der Waals surface area contributed by atoms with Crippen molar-refractivity contribution in [2.24, 2.45) is 5.92 Å². The van der Waals surface area contributed by atoms with Crippen molar-refractivity contribution in [1.29, 1.82) is 0 Å². The summed E-state index contributed by atoms with van der Waals surface area (Å²) in [5.74, 6) is 0.440. The molecule has 1 heterocycles. The molecule has 0 bridgehead atoms. The highest BCUT2D eigenvalue weighted by Gasteiger charge is 2.38. The van der Waals surface area contributed by atoms with Crippen molar-refractivity contribution in [3.05, 3.63) is 11.4 Å². The molecule has 6 nitrogen and oxygen atoms in total. The second-order valence-electron chi connectivity index (χ2n) is 5.27. The number of likely N-dealkylation sites (N-methyl/N-ethyl adjacent to an activating group) is 1. The minimum atomic E-state index is -3.45. The highest BCUT2D eigenvalue weighted by Crippen LogP contribution is 2.31. The first-order valence-corrected chi connectivity index (χ1v) is 8.06. The van der Waals surface area contributed by atoms with Crippen LogP contribution in [0.15, 0.2) is 4.90 Å². The van der Waals surface area contributed by atoms with Gasteiger partial charge in [-0.05, 0) is 33.2 Å². The number of sulfonamides is 1. The van der Waals surface area contributed by atoms with Crippen LogP contribution in [0.25, 0.3) is 0 Å². The van der Waals surface area contributed by atoms with Crippen molar-refractivity contribution in [2.45, 2.75) is 44.7 Å². The third-order valence-corrected chi connectivity index (χ3v) is 5.31. The Morgan fingerprint density at radius 1 is 1.42 bits per heavy atom. The summed E-state index contributed by atoms with van der Waals surface area (Å²) in [5.41, 5.74) is 1.27. The summed E-state index contributed by atoms with van der Waals surface area (Å²) in [7, 11) is -1.59. The number of hydrogen-bond donors (Lipinski definition) is 2. The minimum Gasteiger partial charge on any atom is -0.318 e. The van der Waals surface area contributed by atoms with Crippen LogP contribution in [0.3, 0.4) is 0 Å². The van der Waals surface area contributed by atoms with E-state index in [4.69, 9.17) is 0 Å². The van der Waals surface area contributed by atoms with Gasteiger partial charge in [-0.3, -0.25) is 4.68 Å². The summed E-state index contributed by atoms with van der Waals surface area (Å²) in [6.45, 7) is 7.02. The number of nitrogens with zero attached hydrogens (tertiary/aromatic N) is 2. The molecule has 0 radical (unpaired) electrons. The molecule has 0 aliphatic heterocycles. The molecule has 0 spiro atoms. The molecule has 108 valence electrons. The summed E-state index contributed by atoms with van der Waals surface area (Å²) in [5, 5.41) is 7.35. The Kier molecular flexibility index (Phi) is 3.98. The molecule has 0 saturated heterocycles. The SMILES string of the molecule is CNCCn1nc(C)c(S(=O)(=O)NC2CC2C)c1C. The number of aromatic nitrogens is 2. The highest BCUT2D eigenvalue weighted by atomic mass is 32.2. The van der Waals surface area contributed by atoms with Gasteiger partial charge in [0.05, 0.1) is 17.9 Å². The first-order valence-electron chi connectivity index (χ1n) is 6.57. The standard InChI is InChI=1S/C12H22N4O2S/c1-8-7-11(8)15-19(17,18)12-9(2)14-16(10(12)3)6-5-13-4/h8,11,13,15H,5-7H2,1-4H3. The summed E-state index contributed by atoms with van der Waals surface area (Å²) in [6.07, 6.45) is 0.922. The fraction of sp³-hybridized carbons (Fsp3) is 0.750. The molecular weight excluding hydrogens is 264 g/mol. The summed E-state index contributed by atoms with van der Waals surface area (Å²) in [6, 6.07) is 0.0875. The first kappa shape index (κ1) is 14.5. The molecule has 19 heavy (non-hydrogen) atoms. The lowest BCUT2D eigenvalue weighted by Crippen LogP contribution is -2.27. The predicted octanol–water partition coefficient (Wildman–Crippen LogP) is 0.406. The van der Waals surface area contributed by atoms with Gasteiger partial charge in [0.15, 0.2) is 0 Å². The topological polar surface area (TPSA) is 76.0 Å². The zero-order valence-electron chi connectivity index (χ0n) is 11.9. The van der Waals surface area contributed by atoms with Crippen LogP contribution in [0, 0.1) is 19.8 Å². The third kappa shape index (κ3) is 2.98. The Bertz CT molecular complexity index is 565. The van der Waals surface area contributed by atoms with Crippen molar-refractivity contribution in [2.75, 3.05) is 13.6 Å². The van der Waals surface area contributed by atoms with Gasteiger partial charge in [0.2, 0.25) is 10.0 Å². The molecule has 2 atom stereocenters. The minimum absolute atomic E-state index is 0.0875. The fourth-order valence-corrected chi connectivity index (χ4v) is 4.02. The first-order chi connectivity index (χ1) is 8.86. The molecule has 1 aromatic rings. The van der Waals surface area contributed by atoms with Crippen molar-refractivity contribution in [3.63, 3.8) is 0 Å². The maximum absolute atomic E-state index is 12.4. The molecule has 1 fully saturated rings. The van der Waals surface area contributed by atoms with Crippen LogP contribution in [0.1, 0.15) is 24.7 Å². The van der Waals surface area contributed by atoms with Crippen LogP contribution in [0.2, 0.25) is 0 Å². The van der Waals surface area contributed by atoms with Crippen LogP contribution < -0.4 is 10.0 Å². The van der Waals surface area contributed by atoms with E-state index in [1.54, 1.807) is 18.5 Å². The van der Waals surface area contributed by atoms with Crippen LogP contribution >= 0.6 is 0 Å². The van der Waals surface area contributed by atoms with Crippen molar-refractivity contribution in [3.8, 4) is 0 Å². The van der Waals surface area contributed by atoms with Gasteiger partial charge in [-0.15, -0.1) is 0 Å². The van der Waals surface area contributed by atoms with Crippen molar-refractivity contribution >= 4 is 10.0 Å². The normalized spacial score (nSPS) is 22.7. The average Bonchev–Trinajstić information content (AvgIpc) is 2.88. The predicted molar refractivity (Wildman–Crippen MR) is 73.5 cm³/mol. The number of hydrogen-bond acceptors (Lipinski definition) is 4. The van der Waals surface area contributed by atoms with E-state index in [2.05, 4.69) is 15.1 Å². The molecule has 0 amide bonds. The maximum atomic E-state index is 12.4. The van der Waals surface area contributed by atoms with E-state index in [0.29, 0.717) is 28.7 Å². The van der Waals surface area contributed by atoms with Crippen LogP contribution in [0.5, 0.6) is 0 Å². The Balaban J connectivity index is 2.26. The summed E-state index contributed by atoms with van der Waals surface area (Å²) in [4.78, 5) is 0.336. The van der Waals surface area contributed by atoms with E-state index in [1.165, 1.54) is 0 Å². The number of nitrogens with one attached hydrogen (secondary N) is 2. The zero-order valence-corrected chi connectivity index (χ0v) is 12.7. The van der Waals surface area contributed by atoms with E-state index >= 15 is 0 Å². The lowest BCUT2D eigenvalue weighted by Gasteiger charge is -2.07. The Hall–Kier alpha value is -0.920. The molecule has 2 N–H and O–H groups in total. The molecule has 0 aromatic carbocycles. The maximum Gasteiger partial charge on any atom is 0.244 e. The number of aryl methyl sites for hydroxylation is 1.